The molecule has 10 heteroatoms. The Kier molecular flexibility index (Phi) is 5.68. The Morgan fingerprint density at radius 3 is 2.47 bits per heavy atom. The van der Waals surface area contributed by atoms with E-state index in [4.69, 9.17) is 10.5 Å². The molecule has 1 amide bonds. The highest BCUT2D eigenvalue weighted by Gasteiger charge is 2.25. The van der Waals surface area contributed by atoms with Crippen molar-refractivity contribution in [2.24, 2.45) is 0 Å². The summed E-state index contributed by atoms with van der Waals surface area (Å²) in [6, 6.07) is 9.11. The number of halogens is 1. The molecule has 1 aliphatic heterocycles. The Labute approximate surface area is 185 Å². The van der Waals surface area contributed by atoms with Gasteiger partial charge in [-0.25, -0.2) is 19.2 Å². The van der Waals surface area contributed by atoms with Gasteiger partial charge in [-0.3, -0.25) is 0 Å². The van der Waals surface area contributed by atoms with Crippen LogP contribution in [0.4, 0.5) is 32.3 Å². The van der Waals surface area contributed by atoms with E-state index < -0.39 is 11.4 Å². The summed E-state index contributed by atoms with van der Waals surface area (Å²) in [7, 11) is 0. The lowest BCUT2D eigenvalue weighted by atomic mass is 10.2. The first-order chi connectivity index (χ1) is 15.2. The lowest BCUT2D eigenvalue weighted by Crippen LogP contribution is -2.50. The first-order valence-corrected chi connectivity index (χ1v) is 10.4. The van der Waals surface area contributed by atoms with E-state index in [1.807, 2.05) is 45.0 Å². The van der Waals surface area contributed by atoms with Crippen molar-refractivity contribution in [3.8, 4) is 0 Å². The van der Waals surface area contributed by atoms with Crippen LogP contribution in [-0.4, -0.2) is 57.7 Å². The summed E-state index contributed by atoms with van der Waals surface area (Å²) < 4.78 is 19.0. The minimum atomic E-state index is -0.593. The van der Waals surface area contributed by atoms with Gasteiger partial charge in [0.1, 0.15) is 5.60 Å². The lowest BCUT2D eigenvalue weighted by molar-refractivity contribution is 0.0240. The number of anilines is 4. The van der Waals surface area contributed by atoms with Crippen LogP contribution in [0.5, 0.6) is 0 Å². The molecule has 0 unspecified atom stereocenters. The quantitative estimate of drug-likeness (QED) is 0.638. The van der Waals surface area contributed by atoms with Crippen molar-refractivity contribution in [1.29, 1.82) is 0 Å². The van der Waals surface area contributed by atoms with E-state index in [0.717, 1.165) is 24.5 Å². The smallest absolute Gasteiger partial charge is 0.410 e. The van der Waals surface area contributed by atoms with Crippen molar-refractivity contribution in [2.45, 2.75) is 26.4 Å². The number of amides is 1. The molecule has 0 atom stereocenters. The van der Waals surface area contributed by atoms with Gasteiger partial charge >= 0.3 is 6.09 Å². The van der Waals surface area contributed by atoms with E-state index in [1.165, 1.54) is 12.3 Å². The SMILES string of the molecule is CC(C)(C)OC(=O)N1CCN(c2ccc(Nc3ncc4cc(F)c(N)nc4n3)cc2)CC1. The van der Waals surface area contributed by atoms with Gasteiger partial charge in [0.15, 0.2) is 17.3 Å². The van der Waals surface area contributed by atoms with Crippen LogP contribution in [0.15, 0.2) is 36.5 Å². The van der Waals surface area contributed by atoms with Gasteiger partial charge in [0.25, 0.3) is 0 Å². The Morgan fingerprint density at radius 2 is 1.81 bits per heavy atom. The third-order valence-corrected chi connectivity index (χ3v) is 4.97. The van der Waals surface area contributed by atoms with Crippen LogP contribution in [0.1, 0.15) is 20.8 Å². The highest BCUT2D eigenvalue weighted by Crippen LogP contribution is 2.23. The second kappa shape index (κ2) is 8.45. The van der Waals surface area contributed by atoms with E-state index >= 15 is 0 Å². The van der Waals surface area contributed by atoms with Gasteiger partial charge in [-0.2, -0.15) is 4.98 Å². The molecular weight excluding hydrogens is 413 g/mol. The predicted octanol–water partition coefficient (Wildman–Crippen LogP) is 3.55. The number of benzene rings is 1. The number of rotatable bonds is 3. The minimum Gasteiger partial charge on any atom is -0.444 e. The highest BCUT2D eigenvalue weighted by molar-refractivity contribution is 5.77. The Bertz CT molecular complexity index is 1120. The van der Waals surface area contributed by atoms with E-state index in [2.05, 4.69) is 25.2 Å². The van der Waals surface area contributed by atoms with E-state index in [9.17, 15) is 9.18 Å². The summed E-state index contributed by atoms with van der Waals surface area (Å²) >= 11 is 0. The van der Waals surface area contributed by atoms with Gasteiger partial charge < -0.3 is 25.6 Å². The molecule has 0 aliphatic carbocycles. The Hall–Kier alpha value is -3.69. The number of nitrogens with two attached hydrogens (primary N) is 1. The van der Waals surface area contributed by atoms with Gasteiger partial charge in [0.2, 0.25) is 5.95 Å². The van der Waals surface area contributed by atoms with Crippen molar-refractivity contribution in [2.75, 3.05) is 42.1 Å². The summed E-state index contributed by atoms with van der Waals surface area (Å²) in [5, 5.41) is 3.59. The number of pyridine rings is 1. The Morgan fingerprint density at radius 1 is 1.12 bits per heavy atom. The molecular formula is C22H26FN7O2. The van der Waals surface area contributed by atoms with E-state index in [-0.39, 0.29) is 11.9 Å². The van der Waals surface area contributed by atoms with Crippen molar-refractivity contribution in [1.82, 2.24) is 19.9 Å². The first kappa shape index (κ1) is 21.5. The molecule has 2 aromatic heterocycles. The van der Waals surface area contributed by atoms with Crippen molar-refractivity contribution >= 4 is 40.3 Å². The van der Waals surface area contributed by atoms with Gasteiger partial charge in [0, 0.05) is 49.1 Å². The number of ether oxygens (including phenoxy) is 1. The zero-order valence-corrected chi connectivity index (χ0v) is 18.3. The van der Waals surface area contributed by atoms with E-state index in [0.29, 0.717) is 30.1 Å². The zero-order valence-electron chi connectivity index (χ0n) is 18.3. The molecule has 4 rings (SSSR count). The van der Waals surface area contributed by atoms with Crippen molar-refractivity contribution < 1.29 is 13.9 Å². The van der Waals surface area contributed by atoms with Crippen molar-refractivity contribution in [3.05, 3.63) is 42.3 Å². The third-order valence-electron chi connectivity index (χ3n) is 4.97. The topological polar surface area (TPSA) is 110 Å². The van der Waals surface area contributed by atoms with Crippen molar-refractivity contribution in [3.63, 3.8) is 0 Å². The monoisotopic (exact) mass is 439 g/mol. The molecule has 3 aromatic rings. The van der Waals surface area contributed by atoms with Crippen LogP contribution in [0, 0.1) is 5.82 Å². The average molecular weight is 439 g/mol. The first-order valence-electron chi connectivity index (χ1n) is 10.4. The molecule has 1 aromatic carbocycles. The number of piperazine rings is 1. The molecule has 3 N–H and O–H groups in total. The van der Waals surface area contributed by atoms with Gasteiger partial charge in [-0.05, 0) is 51.1 Å². The average Bonchev–Trinajstić information content (AvgIpc) is 2.74. The molecule has 32 heavy (non-hydrogen) atoms. The van der Waals surface area contributed by atoms with Crippen LogP contribution in [0.2, 0.25) is 0 Å². The lowest BCUT2D eigenvalue weighted by Gasteiger charge is -2.36. The fourth-order valence-electron chi connectivity index (χ4n) is 3.37. The summed E-state index contributed by atoms with van der Waals surface area (Å²) in [6.07, 6.45) is 1.23. The number of nitrogens with one attached hydrogen (secondary N) is 1. The number of fused-ring (bicyclic) bond motifs is 1. The molecule has 168 valence electrons. The number of hydrogen-bond acceptors (Lipinski definition) is 8. The third kappa shape index (κ3) is 4.96. The number of carbonyl (C=O) groups excluding carboxylic acids is 1. The molecule has 9 nitrogen and oxygen atoms in total. The van der Waals surface area contributed by atoms with Gasteiger partial charge in [0.05, 0.1) is 0 Å². The summed E-state index contributed by atoms with van der Waals surface area (Å²) in [4.78, 5) is 28.6. The molecule has 0 bridgehead atoms. The zero-order chi connectivity index (χ0) is 22.9. The standard InChI is InChI=1S/C22H26FN7O2/c1-22(2,3)32-21(31)30-10-8-29(9-11-30)16-6-4-15(5-7-16)26-20-25-13-14-12-17(23)18(24)27-19(14)28-20/h4-7,12-13H,8-11H2,1-3H3,(H3,24,25,26,27,28). The molecule has 3 heterocycles. The second-order valence-electron chi connectivity index (χ2n) is 8.59. The largest absolute Gasteiger partial charge is 0.444 e. The summed E-state index contributed by atoms with van der Waals surface area (Å²) in [5.74, 6) is -0.447. The molecule has 0 radical (unpaired) electrons. The summed E-state index contributed by atoms with van der Waals surface area (Å²) in [5.41, 5.74) is 7.21. The maximum atomic E-state index is 13.5. The highest BCUT2D eigenvalue weighted by atomic mass is 19.1. The van der Waals surface area contributed by atoms with Gasteiger partial charge in [-0.15, -0.1) is 0 Å². The van der Waals surface area contributed by atoms with Gasteiger partial charge in [-0.1, -0.05) is 0 Å². The number of hydrogen-bond donors (Lipinski definition) is 2. The maximum absolute atomic E-state index is 13.5. The molecule has 1 saturated heterocycles. The van der Waals surface area contributed by atoms with Crippen LogP contribution >= 0.6 is 0 Å². The molecule has 0 saturated carbocycles. The number of carbonyl (C=O) groups is 1. The molecule has 0 spiro atoms. The minimum absolute atomic E-state index is 0.196. The fourth-order valence-corrected chi connectivity index (χ4v) is 3.37. The maximum Gasteiger partial charge on any atom is 0.410 e. The number of nitrogen functional groups attached to an aromatic ring is 1. The number of nitrogens with zero attached hydrogens (tertiary/aromatic N) is 5. The van der Waals surface area contributed by atoms with Crippen LogP contribution in [0.3, 0.4) is 0 Å². The van der Waals surface area contributed by atoms with E-state index in [1.54, 1.807) is 4.90 Å². The Balaban J connectivity index is 1.37. The normalized spacial score (nSPS) is 14.5. The fraction of sp³-hybridized carbons (Fsp3) is 0.364. The van der Waals surface area contributed by atoms with Crippen LogP contribution < -0.4 is 16.0 Å². The molecule has 1 fully saturated rings. The summed E-state index contributed by atoms with van der Waals surface area (Å²) in [6.45, 7) is 8.27. The molecule has 1 aliphatic rings. The van der Waals surface area contributed by atoms with Crippen LogP contribution in [-0.2, 0) is 4.74 Å². The van der Waals surface area contributed by atoms with Crippen LogP contribution in [0.25, 0.3) is 11.0 Å². The second-order valence-corrected chi connectivity index (χ2v) is 8.59. The number of aromatic nitrogens is 3. The predicted molar refractivity (Wildman–Crippen MR) is 121 cm³/mol.